The number of carbonyl (C=O) groups excluding carboxylic acids is 1. The maximum absolute atomic E-state index is 12.9. The van der Waals surface area contributed by atoms with Crippen LogP contribution in [0.2, 0.25) is 5.02 Å². The number of nitrogens with one attached hydrogen (secondary N) is 1. The molecule has 1 N–H and O–H groups in total. The molecular formula is C23H24ClN3O3S. The monoisotopic (exact) mass is 457 g/mol. The first-order chi connectivity index (χ1) is 14.8. The molecule has 0 unspecified atom stereocenters. The van der Waals surface area contributed by atoms with Gasteiger partial charge in [-0.2, -0.15) is 4.31 Å². The first-order valence-electron chi connectivity index (χ1n) is 10.3. The average Bonchev–Trinajstić information content (AvgIpc) is 2.77. The van der Waals surface area contributed by atoms with Gasteiger partial charge in [0.15, 0.2) is 0 Å². The molecule has 0 radical (unpaired) electrons. The summed E-state index contributed by atoms with van der Waals surface area (Å²) in [5, 5.41) is 4.34. The Morgan fingerprint density at radius 3 is 2.39 bits per heavy atom. The van der Waals surface area contributed by atoms with Crippen LogP contribution in [0.4, 0.5) is 5.69 Å². The van der Waals surface area contributed by atoms with Crippen LogP contribution in [-0.2, 0) is 10.0 Å². The Morgan fingerprint density at radius 2 is 1.71 bits per heavy atom. The van der Waals surface area contributed by atoms with Crippen LogP contribution in [0.3, 0.4) is 0 Å². The van der Waals surface area contributed by atoms with Crippen LogP contribution < -0.4 is 5.32 Å². The third-order valence-electron chi connectivity index (χ3n) is 5.61. The zero-order valence-corrected chi connectivity index (χ0v) is 19.1. The van der Waals surface area contributed by atoms with Gasteiger partial charge in [0.1, 0.15) is 0 Å². The number of amides is 1. The van der Waals surface area contributed by atoms with Crippen LogP contribution >= 0.6 is 11.6 Å². The number of piperidine rings is 1. The normalized spacial score (nSPS) is 15.2. The van der Waals surface area contributed by atoms with E-state index in [0.717, 1.165) is 41.4 Å². The minimum atomic E-state index is -3.53. The average molecular weight is 458 g/mol. The van der Waals surface area contributed by atoms with Gasteiger partial charge >= 0.3 is 0 Å². The van der Waals surface area contributed by atoms with E-state index in [1.54, 1.807) is 18.2 Å². The van der Waals surface area contributed by atoms with E-state index in [0.29, 0.717) is 29.4 Å². The number of rotatable bonds is 4. The summed E-state index contributed by atoms with van der Waals surface area (Å²) in [6.45, 7) is 4.84. The summed E-state index contributed by atoms with van der Waals surface area (Å²) in [6.07, 6.45) is 2.81. The Hall–Kier alpha value is -2.48. The highest BCUT2D eigenvalue weighted by Gasteiger charge is 2.26. The number of hydrogen-bond acceptors (Lipinski definition) is 4. The van der Waals surface area contributed by atoms with Gasteiger partial charge in [0.2, 0.25) is 10.0 Å². The van der Waals surface area contributed by atoms with E-state index in [4.69, 9.17) is 11.6 Å². The van der Waals surface area contributed by atoms with Crippen molar-refractivity contribution in [1.29, 1.82) is 0 Å². The summed E-state index contributed by atoms with van der Waals surface area (Å²) in [5.74, 6) is -0.318. The quantitative estimate of drug-likeness (QED) is 0.602. The summed E-state index contributed by atoms with van der Waals surface area (Å²) in [6, 6.07) is 11.5. The molecule has 31 heavy (non-hydrogen) atoms. The number of aryl methyl sites for hydroxylation is 2. The van der Waals surface area contributed by atoms with Crippen molar-refractivity contribution in [1.82, 2.24) is 9.29 Å². The van der Waals surface area contributed by atoms with Gasteiger partial charge in [-0.25, -0.2) is 8.42 Å². The molecule has 3 aromatic rings. The molecule has 2 heterocycles. The summed E-state index contributed by atoms with van der Waals surface area (Å²) in [7, 11) is -3.53. The second kappa shape index (κ2) is 8.57. The zero-order valence-electron chi connectivity index (χ0n) is 17.5. The molecule has 1 fully saturated rings. The van der Waals surface area contributed by atoms with Crippen LogP contribution in [-0.4, -0.2) is 36.7 Å². The second-order valence-corrected chi connectivity index (χ2v) is 10.2. The number of halogens is 1. The van der Waals surface area contributed by atoms with Gasteiger partial charge in [-0.1, -0.05) is 18.0 Å². The molecule has 1 amide bonds. The molecule has 1 aliphatic rings. The van der Waals surface area contributed by atoms with Crippen molar-refractivity contribution < 1.29 is 13.2 Å². The SMILES string of the molecule is Cc1cc(NC(=O)c2ccc(S(=O)(=O)N3CCCCC3)cc2)c2ccc(Cl)c(C)c2n1. The third-order valence-corrected chi connectivity index (χ3v) is 7.94. The Balaban J connectivity index is 1.59. The van der Waals surface area contributed by atoms with Crippen LogP contribution in [0.1, 0.15) is 40.9 Å². The fourth-order valence-electron chi connectivity index (χ4n) is 3.86. The molecule has 1 aromatic heterocycles. The molecule has 2 aromatic carbocycles. The van der Waals surface area contributed by atoms with Gasteiger partial charge < -0.3 is 5.32 Å². The first-order valence-corrected chi connectivity index (χ1v) is 12.1. The van der Waals surface area contributed by atoms with E-state index in [2.05, 4.69) is 10.3 Å². The maximum atomic E-state index is 12.9. The van der Waals surface area contributed by atoms with Gasteiger partial charge in [-0.05, 0) is 74.7 Å². The number of pyridine rings is 1. The molecule has 8 heteroatoms. The molecule has 0 aliphatic carbocycles. The fourth-order valence-corrected chi connectivity index (χ4v) is 5.53. The lowest BCUT2D eigenvalue weighted by Crippen LogP contribution is -2.35. The number of carbonyl (C=O) groups is 1. The highest BCUT2D eigenvalue weighted by molar-refractivity contribution is 7.89. The predicted molar refractivity (Wildman–Crippen MR) is 123 cm³/mol. The van der Waals surface area contributed by atoms with E-state index < -0.39 is 10.0 Å². The van der Waals surface area contributed by atoms with E-state index in [9.17, 15) is 13.2 Å². The molecule has 0 atom stereocenters. The number of aromatic nitrogens is 1. The van der Waals surface area contributed by atoms with Gasteiger partial charge in [0.05, 0.1) is 16.1 Å². The summed E-state index contributed by atoms with van der Waals surface area (Å²) in [4.78, 5) is 17.6. The molecule has 0 spiro atoms. The van der Waals surface area contributed by atoms with Gasteiger partial charge in [-0.3, -0.25) is 9.78 Å². The highest BCUT2D eigenvalue weighted by Crippen LogP contribution is 2.30. The van der Waals surface area contributed by atoms with E-state index in [1.807, 2.05) is 26.0 Å². The lowest BCUT2D eigenvalue weighted by molar-refractivity contribution is 0.102. The van der Waals surface area contributed by atoms with Crippen molar-refractivity contribution in [3.63, 3.8) is 0 Å². The summed E-state index contributed by atoms with van der Waals surface area (Å²) >= 11 is 6.22. The molecule has 1 saturated heterocycles. The number of nitrogens with zero attached hydrogens (tertiary/aromatic N) is 2. The largest absolute Gasteiger partial charge is 0.321 e. The minimum absolute atomic E-state index is 0.210. The van der Waals surface area contributed by atoms with Crippen molar-refractivity contribution in [3.8, 4) is 0 Å². The van der Waals surface area contributed by atoms with E-state index >= 15 is 0 Å². The number of fused-ring (bicyclic) bond motifs is 1. The summed E-state index contributed by atoms with van der Waals surface area (Å²) in [5.41, 5.74) is 3.37. The number of benzene rings is 2. The van der Waals surface area contributed by atoms with Crippen LogP contribution in [0.25, 0.3) is 10.9 Å². The van der Waals surface area contributed by atoms with Crippen molar-refractivity contribution in [2.24, 2.45) is 0 Å². The number of hydrogen-bond donors (Lipinski definition) is 1. The molecular weight excluding hydrogens is 434 g/mol. The van der Waals surface area contributed by atoms with Crippen molar-refractivity contribution in [2.45, 2.75) is 38.0 Å². The van der Waals surface area contributed by atoms with Gasteiger partial charge in [0.25, 0.3) is 5.91 Å². The second-order valence-electron chi connectivity index (χ2n) is 7.82. The summed E-state index contributed by atoms with van der Waals surface area (Å²) < 4.78 is 27.1. The van der Waals surface area contributed by atoms with E-state index in [-0.39, 0.29) is 10.8 Å². The third kappa shape index (κ3) is 4.31. The lowest BCUT2D eigenvalue weighted by Gasteiger charge is -2.25. The van der Waals surface area contributed by atoms with Crippen molar-refractivity contribution in [2.75, 3.05) is 18.4 Å². The molecule has 4 rings (SSSR count). The van der Waals surface area contributed by atoms with Crippen molar-refractivity contribution in [3.05, 3.63) is 64.3 Å². The standard InChI is InChI=1S/C23H24ClN3O3S/c1-15-14-21(19-10-11-20(24)16(2)22(19)25-15)26-23(28)17-6-8-18(9-7-17)31(29,30)27-12-4-3-5-13-27/h6-11,14H,3-5,12-13H2,1-2H3,(H,25,26,28). The minimum Gasteiger partial charge on any atom is -0.321 e. The smallest absolute Gasteiger partial charge is 0.255 e. The lowest BCUT2D eigenvalue weighted by atomic mass is 10.1. The zero-order chi connectivity index (χ0) is 22.2. The molecule has 162 valence electrons. The Morgan fingerprint density at radius 1 is 1.03 bits per heavy atom. The molecule has 0 bridgehead atoms. The fraction of sp³-hybridized carbons (Fsp3) is 0.304. The van der Waals surface area contributed by atoms with Gasteiger partial charge in [-0.15, -0.1) is 0 Å². The highest BCUT2D eigenvalue weighted by atomic mass is 35.5. The van der Waals surface area contributed by atoms with Crippen molar-refractivity contribution >= 4 is 44.1 Å². The Bertz CT molecular complexity index is 1250. The number of sulfonamides is 1. The predicted octanol–water partition coefficient (Wildman–Crippen LogP) is 4.93. The van der Waals surface area contributed by atoms with Gasteiger partial charge in [0, 0.05) is 34.8 Å². The molecule has 0 saturated carbocycles. The molecule has 1 aliphatic heterocycles. The molecule has 6 nitrogen and oxygen atoms in total. The van der Waals surface area contributed by atoms with Crippen LogP contribution in [0, 0.1) is 13.8 Å². The topological polar surface area (TPSA) is 79.4 Å². The Labute approximate surface area is 187 Å². The number of anilines is 1. The first kappa shape index (κ1) is 21.7. The maximum Gasteiger partial charge on any atom is 0.255 e. The van der Waals surface area contributed by atoms with Crippen LogP contribution in [0.5, 0.6) is 0 Å². The Kier molecular flexibility index (Phi) is 6.01. The van der Waals surface area contributed by atoms with Crippen LogP contribution in [0.15, 0.2) is 47.4 Å². The van der Waals surface area contributed by atoms with E-state index in [1.165, 1.54) is 16.4 Å².